The van der Waals surface area contributed by atoms with Crippen molar-refractivity contribution in [2.45, 2.75) is 26.3 Å². The molecule has 1 aromatic carbocycles. The summed E-state index contributed by atoms with van der Waals surface area (Å²) in [4.78, 5) is 0. The number of methoxy groups -OCH3 is 1. The van der Waals surface area contributed by atoms with E-state index in [1.807, 2.05) is 19.1 Å². The average molecular weight is 237 g/mol. The SMILES string of the molecule is CCCNC(COC)c1cccc(OCC)c1. The van der Waals surface area contributed by atoms with Gasteiger partial charge in [-0.05, 0) is 37.6 Å². The maximum absolute atomic E-state index is 5.51. The first kappa shape index (κ1) is 14.0. The third-order valence-corrected chi connectivity index (χ3v) is 2.55. The van der Waals surface area contributed by atoms with E-state index in [1.165, 1.54) is 5.56 Å². The molecule has 17 heavy (non-hydrogen) atoms. The first-order valence-corrected chi connectivity index (χ1v) is 6.26. The summed E-state index contributed by atoms with van der Waals surface area (Å²) in [6.45, 7) is 6.52. The monoisotopic (exact) mass is 237 g/mol. The highest BCUT2D eigenvalue weighted by Gasteiger charge is 2.10. The maximum atomic E-state index is 5.51. The quantitative estimate of drug-likeness (QED) is 0.754. The second-order valence-corrected chi connectivity index (χ2v) is 3.97. The molecule has 0 heterocycles. The molecule has 0 aromatic heterocycles. The Morgan fingerprint density at radius 2 is 2.12 bits per heavy atom. The Morgan fingerprint density at radius 3 is 2.76 bits per heavy atom. The Balaban J connectivity index is 2.73. The van der Waals surface area contributed by atoms with Gasteiger partial charge in [0.25, 0.3) is 0 Å². The molecule has 0 aliphatic carbocycles. The van der Waals surface area contributed by atoms with Gasteiger partial charge in [0.2, 0.25) is 0 Å². The minimum atomic E-state index is 0.236. The normalized spacial score (nSPS) is 12.4. The van der Waals surface area contributed by atoms with Crippen molar-refractivity contribution in [3.63, 3.8) is 0 Å². The summed E-state index contributed by atoms with van der Waals surface area (Å²) in [6.07, 6.45) is 1.12. The molecule has 0 saturated carbocycles. The fraction of sp³-hybridized carbons (Fsp3) is 0.571. The molecule has 1 N–H and O–H groups in total. The summed E-state index contributed by atoms with van der Waals surface area (Å²) in [6, 6.07) is 8.43. The molecule has 1 rings (SSSR count). The second-order valence-electron chi connectivity index (χ2n) is 3.97. The highest BCUT2D eigenvalue weighted by Crippen LogP contribution is 2.19. The van der Waals surface area contributed by atoms with E-state index < -0.39 is 0 Å². The van der Waals surface area contributed by atoms with Crippen LogP contribution in [0.25, 0.3) is 0 Å². The van der Waals surface area contributed by atoms with E-state index in [9.17, 15) is 0 Å². The molecule has 0 aliphatic heterocycles. The summed E-state index contributed by atoms with van der Waals surface area (Å²) in [5.41, 5.74) is 1.21. The number of nitrogens with one attached hydrogen (secondary N) is 1. The van der Waals surface area contributed by atoms with Crippen molar-refractivity contribution in [2.75, 3.05) is 26.9 Å². The van der Waals surface area contributed by atoms with Crippen molar-refractivity contribution in [3.05, 3.63) is 29.8 Å². The maximum Gasteiger partial charge on any atom is 0.119 e. The van der Waals surface area contributed by atoms with Crippen molar-refractivity contribution in [3.8, 4) is 5.75 Å². The summed E-state index contributed by atoms with van der Waals surface area (Å²) in [5, 5.41) is 3.48. The standard InChI is InChI=1S/C14H23NO2/c1-4-9-15-14(11-16-3)12-7-6-8-13(10-12)17-5-2/h6-8,10,14-15H,4-5,9,11H2,1-3H3. The molecule has 0 spiro atoms. The first-order chi connectivity index (χ1) is 8.31. The van der Waals surface area contributed by atoms with Crippen LogP contribution in [0.15, 0.2) is 24.3 Å². The lowest BCUT2D eigenvalue weighted by molar-refractivity contribution is 0.167. The molecule has 0 saturated heterocycles. The van der Waals surface area contributed by atoms with Gasteiger partial charge in [0.1, 0.15) is 5.75 Å². The summed E-state index contributed by atoms with van der Waals surface area (Å²) in [5.74, 6) is 0.921. The van der Waals surface area contributed by atoms with E-state index in [0.717, 1.165) is 18.7 Å². The molecule has 0 radical (unpaired) electrons. The number of ether oxygens (including phenoxy) is 2. The largest absolute Gasteiger partial charge is 0.494 e. The third-order valence-electron chi connectivity index (χ3n) is 2.55. The van der Waals surface area contributed by atoms with Gasteiger partial charge in [0.15, 0.2) is 0 Å². The predicted molar refractivity (Wildman–Crippen MR) is 70.5 cm³/mol. The minimum absolute atomic E-state index is 0.236. The van der Waals surface area contributed by atoms with E-state index in [1.54, 1.807) is 7.11 Å². The fourth-order valence-electron chi connectivity index (χ4n) is 1.75. The van der Waals surface area contributed by atoms with Crippen LogP contribution < -0.4 is 10.1 Å². The smallest absolute Gasteiger partial charge is 0.119 e. The van der Waals surface area contributed by atoms with E-state index in [4.69, 9.17) is 9.47 Å². The summed E-state index contributed by atoms with van der Waals surface area (Å²) >= 11 is 0. The van der Waals surface area contributed by atoms with Crippen molar-refractivity contribution in [1.82, 2.24) is 5.32 Å². The van der Waals surface area contributed by atoms with Crippen LogP contribution in [0.5, 0.6) is 5.75 Å². The Morgan fingerprint density at radius 1 is 1.29 bits per heavy atom. The van der Waals surface area contributed by atoms with Gasteiger partial charge in [-0.1, -0.05) is 19.1 Å². The molecule has 0 fully saturated rings. The average Bonchev–Trinajstić information content (AvgIpc) is 2.35. The molecular weight excluding hydrogens is 214 g/mol. The fourth-order valence-corrected chi connectivity index (χ4v) is 1.75. The van der Waals surface area contributed by atoms with Gasteiger partial charge in [-0.2, -0.15) is 0 Å². The topological polar surface area (TPSA) is 30.5 Å². The van der Waals surface area contributed by atoms with Crippen LogP contribution in [0.3, 0.4) is 0 Å². The van der Waals surface area contributed by atoms with Crippen LogP contribution in [-0.4, -0.2) is 26.9 Å². The zero-order valence-corrected chi connectivity index (χ0v) is 11.0. The lowest BCUT2D eigenvalue weighted by Gasteiger charge is -2.18. The van der Waals surface area contributed by atoms with Gasteiger partial charge in [0, 0.05) is 7.11 Å². The van der Waals surface area contributed by atoms with Gasteiger partial charge in [0.05, 0.1) is 19.3 Å². The van der Waals surface area contributed by atoms with E-state index in [2.05, 4.69) is 24.4 Å². The van der Waals surface area contributed by atoms with Crippen LogP contribution in [-0.2, 0) is 4.74 Å². The molecule has 1 atom stereocenters. The van der Waals surface area contributed by atoms with Gasteiger partial charge in [-0.3, -0.25) is 0 Å². The van der Waals surface area contributed by atoms with Gasteiger partial charge >= 0.3 is 0 Å². The zero-order chi connectivity index (χ0) is 12.5. The number of hydrogen-bond acceptors (Lipinski definition) is 3. The molecule has 3 heteroatoms. The minimum Gasteiger partial charge on any atom is -0.494 e. The highest BCUT2D eigenvalue weighted by molar-refractivity contribution is 5.30. The van der Waals surface area contributed by atoms with E-state index in [0.29, 0.717) is 13.2 Å². The Labute approximate surface area is 104 Å². The van der Waals surface area contributed by atoms with Crippen molar-refractivity contribution >= 4 is 0 Å². The van der Waals surface area contributed by atoms with Crippen LogP contribution in [0, 0.1) is 0 Å². The van der Waals surface area contributed by atoms with Gasteiger partial charge in [-0.15, -0.1) is 0 Å². The molecule has 0 amide bonds. The predicted octanol–water partition coefficient (Wildman–Crippen LogP) is 2.77. The number of rotatable bonds is 8. The zero-order valence-electron chi connectivity index (χ0n) is 11.0. The van der Waals surface area contributed by atoms with Gasteiger partial charge in [-0.25, -0.2) is 0 Å². The molecule has 1 aromatic rings. The summed E-state index contributed by atoms with van der Waals surface area (Å²) < 4.78 is 10.8. The van der Waals surface area contributed by atoms with Crippen LogP contribution in [0.2, 0.25) is 0 Å². The lowest BCUT2D eigenvalue weighted by Crippen LogP contribution is -2.25. The number of benzene rings is 1. The van der Waals surface area contributed by atoms with Crippen molar-refractivity contribution in [1.29, 1.82) is 0 Å². The molecular formula is C14H23NO2. The third kappa shape index (κ3) is 4.75. The molecule has 3 nitrogen and oxygen atoms in total. The second kappa shape index (κ2) is 8.09. The number of hydrogen-bond donors (Lipinski definition) is 1. The van der Waals surface area contributed by atoms with Crippen LogP contribution >= 0.6 is 0 Å². The highest BCUT2D eigenvalue weighted by atomic mass is 16.5. The summed E-state index contributed by atoms with van der Waals surface area (Å²) in [7, 11) is 1.73. The lowest BCUT2D eigenvalue weighted by atomic mass is 10.1. The van der Waals surface area contributed by atoms with E-state index >= 15 is 0 Å². The molecule has 0 bridgehead atoms. The molecule has 96 valence electrons. The Hall–Kier alpha value is -1.06. The van der Waals surface area contributed by atoms with Crippen LogP contribution in [0.1, 0.15) is 31.9 Å². The van der Waals surface area contributed by atoms with Crippen molar-refractivity contribution < 1.29 is 9.47 Å². The van der Waals surface area contributed by atoms with E-state index in [-0.39, 0.29) is 6.04 Å². The molecule has 1 unspecified atom stereocenters. The Bertz CT molecular complexity index is 315. The van der Waals surface area contributed by atoms with Crippen LogP contribution in [0.4, 0.5) is 0 Å². The van der Waals surface area contributed by atoms with Crippen molar-refractivity contribution in [2.24, 2.45) is 0 Å². The van der Waals surface area contributed by atoms with Gasteiger partial charge < -0.3 is 14.8 Å². The molecule has 0 aliphatic rings. The Kier molecular flexibility index (Phi) is 6.67. The first-order valence-electron chi connectivity index (χ1n) is 6.26.